The quantitative estimate of drug-likeness (QED) is 0.0659. The highest BCUT2D eigenvalue weighted by Gasteiger charge is 2.36. The molecule has 2 N–H and O–H groups in total. The number of guanidine groups is 1. The van der Waals surface area contributed by atoms with Crippen molar-refractivity contribution in [2.24, 2.45) is 10.5 Å². The van der Waals surface area contributed by atoms with Gasteiger partial charge in [-0.2, -0.15) is 0 Å². The summed E-state index contributed by atoms with van der Waals surface area (Å²) in [6, 6.07) is 0. The van der Waals surface area contributed by atoms with Gasteiger partial charge < -0.3 is 24.7 Å². The molecule has 0 bridgehead atoms. The van der Waals surface area contributed by atoms with Crippen LogP contribution in [0.5, 0.6) is 0 Å². The minimum atomic E-state index is -4.33. The van der Waals surface area contributed by atoms with Gasteiger partial charge in [0, 0.05) is 6.92 Å². The van der Waals surface area contributed by atoms with Crippen LogP contribution >= 0.6 is 7.75 Å². The van der Waals surface area contributed by atoms with E-state index in [9.17, 15) is 18.9 Å². The molecule has 0 aliphatic heterocycles. The topological polar surface area (TPSA) is 171 Å². The van der Waals surface area contributed by atoms with E-state index in [-0.39, 0.29) is 51.1 Å². The first-order valence-corrected chi connectivity index (χ1v) is 15.0. The van der Waals surface area contributed by atoms with Gasteiger partial charge in [0.1, 0.15) is 39.0 Å². The number of hydroxylamine groups is 3. The number of carbonyl (C=O) groups excluding carboxylic acids is 3. The summed E-state index contributed by atoms with van der Waals surface area (Å²) >= 11 is 0. The molecule has 0 aromatic rings. The summed E-state index contributed by atoms with van der Waals surface area (Å²) in [7, 11) is -2.88. The molecule has 15 heteroatoms. The molecule has 224 valence electrons. The lowest BCUT2D eigenvalue weighted by Crippen LogP contribution is -2.54. The predicted octanol–water partition coefficient (Wildman–Crippen LogP) is 4.36. The molecule has 0 amide bonds. The molecule has 0 aromatic heterocycles. The predicted molar refractivity (Wildman–Crippen MR) is 138 cm³/mol. The lowest BCUT2D eigenvalue weighted by molar-refractivity contribution is -1.00. The van der Waals surface area contributed by atoms with E-state index in [2.05, 4.69) is 4.76 Å². The van der Waals surface area contributed by atoms with Crippen molar-refractivity contribution in [3.8, 4) is 0 Å². The molecule has 2 fully saturated rings. The first-order valence-electron chi connectivity index (χ1n) is 13.5. The third-order valence-corrected chi connectivity index (χ3v) is 7.86. The SMILES string of the molecule is CC[N+](C)(OC(C)=O)C(N)=NP(=O)(OCCOC(=O)OC1CCCCC1)OCCOC(=O)OC1CCCCC1. The average molecular weight is 581 g/mol. The lowest BCUT2D eigenvalue weighted by Gasteiger charge is -2.27. The molecule has 0 radical (unpaired) electrons. The number of carbonyl (C=O) groups is 3. The van der Waals surface area contributed by atoms with Gasteiger partial charge in [0.25, 0.3) is 0 Å². The summed E-state index contributed by atoms with van der Waals surface area (Å²) in [6.07, 6.45) is 7.29. The standard InChI is InChI=1S/C24H43N3O11P/c1-4-27(3,38-19(2)28)22(25)26-39(31,34-17-15-32-23(29)36-20-11-7-5-8-12-20)35-18-16-33-24(30)37-21-13-9-6-10-14-21/h20-21H,4-18H2,1-3H3,(H2,25,26,31)/q+1. The van der Waals surface area contributed by atoms with Crippen LogP contribution in [0.3, 0.4) is 0 Å². The van der Waals surface area contributed by atoms with Crippen LogP contribution in [0.2, 0.25) is 0 Å². The Kier molecular flexibility index (Phi) is 14.0. The summed E-state index contributed by atoms with van der Waals surface area (Å²) in [5.41, 5.74) is 6.01. The van der Waals surface area contributed by atoms with Crippen LogP contribution in [-0.4, -0.2) is 81.1 Å². The molecule has 1 unspecified atom stereocenters. The van der Waals surface area contributed by atoms with Gasteiger partial charge >= 0.3 is 32.0 Å². The van der Waals surface area contributed by atoms with Crippen molar-refractivity contribution in [2.45, 2.75) is 90.3 Å². The number of hydrogen-bond donors (Lipinski definition) is 1. The summed E-state index contributed by atoms with van der Waals surface area (Å²) in [6.45, 7) is 1.74. The van der Waals surface area contributed by atoms with E-state index in [0.29, 0.717) is 0 Å². The Bertz CT molecular complexity index is 831. The third-order valence-electron chi connectivity index (χ3n) is 6.39. The Hall–Kier alpha value is -2.41. The fourth-order valence-electron chi connectivity index (χ4n) is 4.13. The molecule has 2 aliphatic rings. The minimum Gasteiger partial charge on any atom is -0.432 e. The van der Waals surface area contributed by atoms with Gasteiger partial charge in [0.05, 0.1) is 13.2 Å². The molecule has 0 heterocycles. The highest BCUT2D eigenvalue weighted by atomic mass is 31.2. The van der Waals surface area contributed by atoms with Crippen molar-refractivity contribution in [2.75, 3.05) is 40.0 Å². The molecule has 0 saturated heterocycles. The van der Waals surface area contributed by atoms with Crippen molar-refractivity contribution in [1.82, 2.24) is 0 Å². The van der Waals surface area contributed by atoms with Crippen LogP contribution < -0.4 is 5.73 Å². The normalized spacial score (nSPS) is 19.0. The Morgan fingerprint density at radius 1 is 0.821 bits per heavy atom. The Morgan fingerprint density at radius 3 is 1.64 bits per heavy atom. The van der Waals surface area contributed by atoms with Crippen LogP contribution in [-0.2, 0) is 42.2 Å². The Labute approximate surface area is 229 Å². The van der Waals surface area contributed by atoms with Crippen LogP contribution in [0.1, 0.15) is 78.1 Å². The van der Waals surface area contributed by atoms with E-state index in [1.807, 2.05) is 0 Å². The second-order valence-corrected chi connectivity index (χ2v) is 11.2. The molecular weight excluding hydrogens is 537 g/mol. The Morgan fingerprint density at radius 2 is 1.26 bits per heavy atom. The third kappa shape index (κ3) is 12.5. The van der Waals surface area contributed by atoms with E-state index < -0.39 is 30.7 Å². The fraction of sp³-hybridized carbons (Fsp3) is 0.833. The summed E-state index contributed by atoms with van der Waals surface area (Å²) in [4.78, 5) is 40.6. The maximum absolute atomic E-state index is 13.4. The monoisotopic (exact) mass is 580 g/mol. The van der Waals surface area contributed by atoms with Crippen molar-refractivity contribution in [1.29, 1.82) is 0 Å². The van der Waals surface area contributed by atoms with Gasteiger partial charge in [-0.1, -0.05) is 17.5 Å². The number of hydrogen-bond acceptors (Lipinski definition) is 11. The van der Waals surface area contributed by atoms with Gasteiger partial charge in [0.15, 0.2) is 0 Å². The van der Waals surface area contributed by atoms with Crippen molar-refractivity contribution in [3.63, 3.8) is 0 Å². The number of nitrogens with zero attached hydrogens (tertiary/aromatic N) is 2. The maximum atomic E-state index is 13.4. The van der Waals surface area contributed by atoms with Gasteiger partial charge in [-0.05, 0) is 58.3 Å². The molecule has 0 aromatic carbocycles. The van der Waals surface area contributed by atoms with Crippen LogP contribution in [0, 0.1) is 0 Å². The van der Waals surface area contributed by atoms with E-state index in [1.54, 1.807) is 6.92 Å². The smallest absolute Gasteiger partial charge is 0.432 e. The lowest BCUT2D eigenvalue weighted by atomic mass is 9.98. The second kappa shape index (κ2) is 16.6. The highest BCUT2D eigenvalue weighted by Crippen LogP contribution is 2.50. The molecule has 2 aliphatic carbocycles. The maximum Gasteiger partial charge on any atom is 0.508 e. The van der Waals surface area contributed by atoms with E-state index in [0.717, 1.165) is 64.2 Å². The Balaban J connectivity index is 1.91. The van der Waals surface area contributed by atoms with Crippen LogP contribution in [0.15, 0.2) is 4.76 Å². The van der Waals surface area contributed by atoms with Crippen molar-refractivity contribution >= 4 is 32.0 Å². The number of rotatable bonds is 12. The molecular formula is C24H43N3O11P+. The average Bonchev–Trinajstić information content (AvgIpc) is 2.90. The first kappa shape index (κ1) is 32.8. The van der Waals surface area contributed by atoms with Gasteiger partial charge in [-0.25, -0.2) is 18.9 Å². The fourth-order valence-corrected chi connectivity index (χ4v) is 5.37. The van der Waals surface area contributed by atoms with Crippen molar-refractivity contribution < 1.29 is 56.4 Å². The van der Waals surface area contributed by atoms with Crippen LogP contribution in [0.4, 0.5) is 9.59 Å². The van der Waals surface area contributed by atoms with E-state index >= 15 is 0 Å². The van der Waals surface area contributed by atoms with E-state index in [1.165, 1.54) is 14.0 Å². The zero-order valence-corrected chi connectivity index (χ0v) is 24.1. The number of nitrogens with two attached hydrogens (primary N) is 1. The second-order valence-electron chi connectivity index (χ2n) is 9.55. The number of ether oxygens (including phenoxy) is 4. The zero-order valence-electron chi connectivity index (χ0n) is 23.2. The highest BCUT2D eigenvalue weighted by molar-refractivity contribution is 7.52. The zero-order chi connectivity index (χ0) is 28.7. The molecule has 2 saturated carbocycles. The molecule has 0 spiro atoms. The molecule has 1 atom stereocenters. The van der Waals surface area contributed by atoms with Crippen molar-refractivity contribution in [3.05, 3.63) is 0 Å². The van der Waals surface area contributed by atoms with Gasteiger partial charge in [0.2, 0.25) is 0 Å². The first-order chi connectivity index (χ1) is 18.5. The summed E-state index contributed by atoms with van der Waals surface area (Å²) in [5.74, 6) is -0.991. The summed E-state index contributed by atoms with van der Waals surface area (Å²) < 4.78 is 47.9. The van der Waals surface area contributed by atoms with Crippen LogP contribution in [0.25, 0.3) is 0 Å². The molecule has 14 nitrogen and oxygen atoms in total. The van der Waals surface area contributed by atoms with Gasteiger partial charge in [-0.15, -0.1) is 4.76 Å². The molecule has 39 heavy (non-hydrogen) atoms. The van der Waals surface area contributed by atoms with E-state index in [4.69, 9.17) is 38.6 Å². The van der Waals surface area contributed by atoms with Gasteiger partial charge in [-0.3, -0.25) is 13.9 Å². The molecule has 2 rings (SSSR count). The largest absolute Gasteiger partial charge is 0.508 e. The summed E-state index contributed by atoms with van der Waals surface area (Å²) in [5, 5.41) is 0. The minimum absolute atomic E-state index is 0.168. The number of quaternary nitrogens is 1.